The summed E-state index contributed by atoms with van der Waals surface area (Å²) in [5, 5.41) is 0. The minimum absolute atomic E-state index is 0.0155. The monoisotopic (exact) mass is 276 g/mol. The van der Waals surface area contributed by atoms with E-state index in [1.54, 1.807) is 6.92 Å². The van der Waals surface area contributed by atoms with Gasteiger partial charge in [0.1, 0.15) is 0 Å². The molecule has 0 N–H and O–H groups in total. The van der Waals surface area contributed by atoms with Crippen LogP contribution in [0.3, 0.4) is 0 Å². The second kappa shape index (κ2) is 7.13. The van der Waals surface area contributed by atoms with Crippen LogP contribution in [0.5, 0.6) is 0 Å². The molecule has 0 radical (unpaired) electrons. The molecule has 0 bridgehead atoms. The molecule has 0 spiro atoms. The average molecular weight is 276 g/mol. The summed E-state index contributed by atoms with van der Waals surface area (Å²) in [7, 11) is -4.28. The maximum atomic E-state index is 12.0. The summed E-state index contributed by atoms with van der Waals surface area (Å²) >= 11 is 0. The van der Waals surface area contributed by atoms with Crippen LogP contribution in [0.2, 0.25) is 0 Å². The predicted molar refractivity (Wildman–Crippen MR) is 65.7 cm³/mol. The van der Waals surface area contributed by atoms with Crippen molar-refractivity contribution in [3.63, 3.8) is 0 Å². The molecule has 0 aliphatic rings. The molecule has 0 atom stereocenters. The Morgan fingerprint density at radius 1 is 1.06 bits per heavy atom. The zero-order valence-corrected chi connectivity index (χ0v) is 11.6. The SMILES string of the molecule is C=C(C)C(=O)OP(=O)(OCCC)OC(=O)C(=C)C. The molecule has 0 aromatic heterocycles. The first kappa shape index (κ1) is 16.6. The molecular formula is C11H17O6P. The molecule has 6 nitrogen and oxygen atoms in total. The van der Waals surface area contributed by atoms with Gasteiger partial charge in [-0.15, -0.1) is 0 Å². The molecule has 0 amide bonds. The Balaban J connectivity index is 4.88. The fourth-order valence-electron chi connectivity index (χ4n) is 0.633. The molecule has 7 heteroatoms. The Labute approximate surface area is 106 Å². The van der Waals surface area contributed by atoms with Crippen LogP contribution in [0.1, 0.15) is 27.2 Å². The average Bonchev–Trinajstić information content (AvgIpc) is 2.25. The molecule has 0 heterocycles. The number of hydrogen-bond donors (Lipinski definition) is 0. The fourth-order valence-corrected chi connectivity index (χ4v) is 1.90. The molecule has 0 saturated heterocycles. The minimum atomic E-state index is -4.28. The first-order valence-electron chi connectivity index (χ1n) is 5.25. The molecule has 0 unspecified atom stereocenters. The quantitative estimate of drug-likeness (QED) is 0.525. The van der Waals surface area contributed by atoms with Crippen LogP contribution in [-0.4, -0.2) is 18.5 Å². The molecule has 0 aromatic carbocycles. The van der Waals surface area contributed by atoms with Gasteiger partial charge in [-0.25, -0.2) is 14.2 Å². The van der Waals surface area contributed by atoms with Crippen molar-refractivity contribution in [2.45, 2.75) is 27.2 Å². The van der Waals surface area contributed by atoms with E-state index in [4.69, 9.17) is 4.52 Å². The number of phosphoric acid groups is 1. The Morgan fingerprint density at radius 3 is 1.72 bits per heavy atom. The van der Waals surface area contributed by atoms with E-state index in [1.165, 1.54) is 13.8 Å². The lowest BCUT2D eigenvalue weighted by atomic mass is 10.4. The zero-order valence-electron chi connectivity index (χ0n) is 10.7. The van der Waals surface area contributed by atoms with Crippen molar-refractivity contribution in [1.29, 1.82) is 0 Å². The lowest BCUT2D eigenvalue weighted by molar-refractivity contribution is -0.136. The van der Waals surface area contributed by atoms with Crippen LogP contribution in [0.4, 0.5) is 0 Å². The van der Waals surface area contributed by atoms with Gasteiger partial charge in [0.15, 0.2) is 0 Å². The van der Waals surface area contributed by atoms with E-state index in [9.17, 15) is 14.2 Å². The van der Waals surface area contributed by atoms with E-state index in [1.807, 2.05) is 0 Å². The maximum absolute atomic E-state index is 12.0. The molecule has 0 aromatic rings. The van der Waals surface area contributed by atoms with E-state index in [-0.39, 0.29) is 17.8 Å². The standard InChI is InChI=1S/C11H17O6P/c1-6-7-15-18(14,16-10(12)8(2)3)17-11(13)9(4)5/h2,4,6-7H2,1,3,5H3. The van der Waals surface area contributed by atoms with Crippen molar-refractivity contribution < 1.29 is 27.7 Å². The van der Waals surface area contributed by atoms with Gasteiger partial charge < -0.3 is 9.05 Å². The van der Waals surface area contributed by atoms with Crippen LogP contribution in [-0.2, 0) is 27.7 Å². The topological polar surface area (TPSA) is 78.9 Å². The number of hydrogen-bond acceptors (Lipinski definition) is 6. The van der Waals surface area contributed by atoms with E-state index in [0.717, 1.165) is 0 Å². The summed E-state index contributed by atoms with van der Waals surface area (Å²) in [6.45, 7) is 11.2. The Hall–Kier alpha value is -1.39. The van der Waals surface area contributed by atoms with Crippen LogP contribution in [0.15, 0.2) is 24.3 Å². The van der Waals surface area contributed by atoms with Gasteiger partial charge in [-0.1, -0.05) is 20.1 Å². The Morgan fingerprint density at radius 2 is 1.44 bits per heavy atom. The fraction of sp³-hybridized carbons (Fsp3) is 0.455. The van der Waals surface area contributed by atoms with Gasteiger partial charge in [-0.3, -0.25) is 4.52 Å². The van der Waals surface area contributed by atoms with Crippen molar-refractivity contribution in [2.24, 2.45) is 0 Å². The highest BCUT2D eigenvalue weighted by Crippen LogP contribution is 2.50. The van der Waals surface area contributed by atoms with Gasteiger partial charge in [0.25, 0.3) is 0 Å². The van der Waals surface area contributed by atoms with Crippen molar-refractivity contribution in [3.05, 3.63) is 24.3 Å². The van der Waals surface area contributed by atoms with E-state index in [2.05, 4.69) is 22.2 Å². The highest BCUT2D eigenvalue weighted by molar-refractivity contribution is 7.49. The molecule has 18 heavy (non-hydrogen) atoms. The van der Waals surface area contributed by atoms with Crippen molar-refractivity contribution in [2.75, 3.05) is 6.61 Å². The molecule has 0 saturated carbocycles. The van der Waals surface area contributed by atoms with Gasteiger partial charge in [-0.2, -0.15) is 0 Å². The summed E-state index contributed by atoms with van der Waals surface area (Å²) in [6.07, 6.45) is 0.513. The molecule has 0 aliphatic carbocycles. The third-order valence-electron chi connectivity index (χ3n) is 1.54. The predicted octanol–water partition coefficient (Wildman–Crippen LogP) is 2.76. The summed E-state index contributed by atoms with van der Waals surface area (Å²) in [6, 6.07) is 0. The summed E-state index contributed by atoms with van der Waals surface area (Å²) in [5.74, 6) is -1.91. The van der Waals surface area contributed by atoms with E-state index >= 15 is 0 Å². The first-order chi connectivity index (χ1) is 8.22. The molecule has 0 aliphatic heterocycles. The van der Waals surface area contributed by atoms with Crippen LogP contribution < -0.4 is 0 Å². The normalized spacial score (nSPS) is 10.6. The smallest absolute Gasteiger partial charge is 0.358 e. The van der Waals surface area contributed by atoms with Gasteiger partial charge in [0.2, 0.25) is 0 Å². The first-order valence-corrected chi connectivity index (χ1v) is 6.71. The molecular weight excluding hydrogens is 259 g/mol. The van der Waals surface area contributed by atoms with Gasteiger partial charge >= 0.3 is 19.8 Å². The van der Waals surface area contributed by atoms with E-state index < -0.39 is 19.8 Å². The Bertz CT molecular complexity index is 380. The van der Waals surface area contributed by atoms with Gasteiger partial charge in [0, 0.05) is 11.1 Å². The summed E-state index contributed by atoms with van der Waals surface area (Å²) in [4.78, 5) is 22.6. The zero-order chi connectivity index (χ0) is 14.3. The van der Waals surface area contributed by atoms with Crippen LogP contribution >= 0.6 is 7.82 Å². The van der Waals surface area contributed by atoms with Crippen LogP contribution in [0.25, 0.3) is 0 Å². The molecule has 0 fully saturated rings. The second-order valence-corrected chi connectivity index (χ2v) is 5.12. The van der Waals surface area contributed by atoms with E-state index in [0.29, 0.717) is 6.42 Å². The summed E-state index contributed by atoms with van der Waals surface area (Å²) in [5.41, 5.74) is 0.0309. The van der Waals surface area contributed by atoms with Gasteiger partial charge in [0.05, 0.1) is 6.61 Å². The van der Waals surface area contributed by atoms with Crippen molar-refractivity contribution >= 4 is 19.8 Å². The second-order valence-electron chi connectivity index (χ2n) is 3.60. The largest absolute Gasteiger partial charge is 0.592 e. The number of rotatable bonds is 7. The molecule has 102 valence electrons. The van der Waals surface area contributed by atoms with Crippen molar-refractivity contribution in [3.8, 4) is 0 Å². The number of phosphoric ester groups is 1. The Kier molecular flexibility index (Phi) is 6.58. The van der Waals surface area contributed by atoms with Gasteiger partial charge in [-0.05, 0) is 20.3 Å². The highest BCUT2D eigenvalue weighted by atomic mass is 31.2. The highest BCUT2D eigenvalue weighted by Gasteiger charge is 2.35. The number of carbonyl (C=O) groups excluding carboxylic acids is 2. The molecule has 0 rings (SSSR count). The minimum Gasteiger partial charge on any atom is -0.358 e. The number of carbonyl (C=O) groups is 2. The lowest BCUT2D eigenvalue weighted by Gasteiger charge is -2.16. The lowest BCUT2D eigenvalue weighted by Crippen LogP contribution is -2.12. The third kappa shape index (κ3) is 5.80. The third-order valence-corrected chi connectivity index (χ3v) is 2.82. The maximum Gasteiger partial charge on any atom is 0.592 e. The van der Waals surface area contributed by atoms with Crippen molar-refractivity contribution in [1.82, 2.24) is 0 Å². The summed E-state index contributed by atoms with van der Waals surface area (Å²) < 4.78 is 25.9. The van der Waals surface area contributed by atoms with Crippen LogP contribution in [0, 0.1) is 0 Å².